The standard InChI is InChI=1S/C16H19ClN2O6.CH5N/c1-16(2,3)25-15(21)18-6-4-5-7-24-13-9-11(10-20)8-12(14(13)17)19(22)23;1-2/h4-5,8-10H,6-7H2,1-3H3,(H,18,21);2H2,1H3/b5-4+;. The maximum absolute atomic E-state index is 11.4. The molecule has 1 aromatic carbocycles. The monoisotopic (exact) mass is 401 g/mol. The summed E-state index contributed by atoms with van der Waals surface area (Å²) in [7, 11) is 1.50. The summed E-state index contributed by atoms with van der Waals surface area (Å²) in [5.74, 6) is 0.0303. The summed E-state index contributed by atoms with van der Waals surface area (Å²) in [5, 5.41) is 13.2. The molecule has 27 heavy (non-hydrogen) atoms. The first kappa shape index (κ1) is 24.4. The third-order valence-corrected chi connectivity index (χ3v) is 3.02. The summed E-state index contributed by atoms with van der Waals surface area (Å²) >= 11 is 5.90. The molecule has 9 nitrogen and oxygen atoms in total. The molecule has 0 aliphatic heterocycles. The molecular weight excluding hydrogens is 378 g/mol. The molecule has 0 saturated carbocycles. The zero-order valence-corrected chi connectivity index (χ0v) is 16.4. The maximum Gasteiger partial charge on any atom is 0.407 e. The van der Waals surface area contributed by atoms with Crippen LogP contribution in [0.5, 0.6) is 5.75 Å². The van der Waals surface area contributed by atoms with Crippen LogP contribution in [-0.2, 0) is 4.74 Å². The van der Waals surface area contributed by atoms with Crippen molar-refractivity contribution in [3.8, 4) is 5.75 Å². The Bertz CT molecular complexity index is 686. The van der Waals surface area contributed by atoms with E-state index in [0.717, 1.165) is 6.07 Å². The van der Waals surface area contributed by atoms with E-state index >= 15 is 0 Å². The maximum atomic E-state index is 11.4. The number of aldehydes is 1. The third-order valence-electron chi connectivity index (χ3n) is 2.64. The molecule has 1 amide bonds. The molecule has 0 aliphatic rings. The van der Waals surface area contributed by atoms with Crippen LogP contribution in [0.15, 0.2) is 24.3 Å². The quantitative estimate of drug-likeness (QED) is 0.310. The van der Waals surface area contributed by atoms with Gasteiger partial charge in [-0.15, -0.1) is 0 Å². The average molecular weight is 402 g/mol. The van der Waals surface area contributed by atoms with Crippen molar-refractivity contribution in [2.75, 3.05) is 20.2 Å². The Morgan fingerprint density at radius 1 is 1.33 bits per heavy atom. The Hall–Kier alpha value is -2.65. The number of carbonyl (C=O) groups is 2. The predicted octanol–water partition coefficient (Wildman–Crippen LogP) is 3.10. The molecule has 0 heterocycles. The van der Waals surface area contributed by atoms with Crippen LogP contribution in [0.2, 0.25) is 5.02 Å². The smallest absolute Gasteiger partial charge is 0.407 e. The van der Waals surface area contributed by atoms with Crippen LogP contribution >= 0.6 is 11.6 Å². The van der Waals surface area contributed by atoms with Gasteiger partial charge in [-0.25, -0.2) is 4.79 Å². The van der Waals surface area contributed by atoms with Gasteiger partial charge in [0.1, 0.15) is 24.2 Å². The average Bonchev–Trinajstić information content (AvgIpc) is 2.59. The van der Waals surface area contributed by atoms with E-state index in [1.165, 1.54) is 13.1 Å². The lowest BCUT2D eigenvalue weighted by Gasteiger charge is -2.19. The van der Waals surface area contributed by atoms with Crippen molar-refractivity contribution in [3.63, 3.8) is 0 Å². The minimum Gasteiger partial charge on any atom is -0.488 e. The van der Waals surface area contributed by atoms with Gasteiger partial charge in [-0.1, -0.05) is 17.7 Å². The fraction of sp³-hybridized carbons (Fsp3) is 0.412. The second kappa shape index (κ2) is 11.9. The van der Waals surface area contributed by atoms with Crippen LogP contribution in [0, 0.1) is 10.1 Å². The number of rotatable bonds is 7. The molecule has 1 aromatic rings. The van der Waals surface area contributed by atoms with Crippen molar-refractivity contribution in [2.45, 2.75) is 26.4 Å². The molecule has 10 heteroatoms. The topological polar surface area (TPSA) is 134 Å². The van der Waals surface area contributed by atoms with Crippen molar-refractivity contribution in [1.82, 2.24) is 5.32 Å². The molecule has 1 rings (SSSR count). The Labute approximate surface area is 162 Å². The summed E-state index contributed by atoms with van der Waals surface area (Å²) in [4.78, 5) is 32.5. The van der Waals surface area contributed by atoms with Gasteiger partial charge >= 0.3 is 6.09 Å². The molecule has 0 radical (unpaired) electrons. The Balaban J connectivity index is 0.00000326. The van der Waals surface area contributed by atoms with Crippen LogP contribution in [0.25, 0.3) is 0 Å². The van der Waals surface area contributed by atoms with Gasteiger partial charge in [0.05, 0.1) is 4.92 Å². The molecule has 3 N–H and O–H groups in total. The number of nitro groups is 1. The Morgan fingerprint density at radius 2 is 1.96 bits per heavy atom. The molecule has 0 saturated heterocycles. The summed E-state index contributed by atoms with van der Waals surface area (Å²) in [6.45, 7) is 5.54. The van der Waals surface area contributed by atoms with E-state index in [1.54, 1.807) is 32.9 Å². The van der Waals surface area contributed by atoms with Gasteiger partial charge in [-0.2, -0.15) is 0 Å². The number of halogens is 1. The Morgan fingerprint density at radius 3 is 2.48 bits per heavy atom. The number of nitro benzene ring substituents is 1. The van der Waals surface area contributed by atoms with Crippen LogP contribution in [0.4, 0.5) is 10.5 Å². The van der Waals surface area contributed by atoms with Crippen LogP contribution in [-0.4, -0.2) is 43.1 Å². The summed E-state index contributed by atoms with van der Waals surface area (Å²) in [5.41, 5.74) is 3.60. The van der Waals surface area contributed by atoms with E-state index in [-0.39, 0.29) is 29.5 Å². The second-order valence-electron chi connectivity index (χ2n) is 5.89. The molecule has 0 aromatic heterocycles. The highest BCUT2D eigenvalue weighted by Crippen LogP contribution is 2.34. The Kier molecular flexibility index (Phi) is 10.7. The SMILES string of the molecule is CC(C)(C)OC(=O)NC/C=C/COc1cc(C=O)cc([N+](=O)[O-])c1Cl.CN. The minimum absolute atomic E-state index is 0.0303. The van der Waals surface area contributed by atoms with Gasteiger partial charge in [0.15, 0.2) is 5.02 Å². The number of hydrogen-bond acceptors (Lipinski definition) is 7. The van der Waals surface area contributed by atoms with E-state index in [4.69, 9.17) is 21.1 Å². The lowest BCUT2D eigenvalue weighted by molar-refractivity contribution is -0.384. The highest BCUT2D eigenvalue weighted by molar-refractivity contribution is 6.34. The highest BCUT2D eigenvalue weighted by Gasteiger charge is 2.19. The first-order chi connectivity index (χ1) is 12.6. The van der Waals surface area contributed by atoms with E-state index in [1.807, 2.05) is 0 Å². The number of benzene rings is 1. The third kappa shape index (κ3) is 9.57. The summed E-state index contributed by atoms with van der Waals surface area (Å²) in [6, 6.07) is 2.39. The fourth-order valence-corrected chi connectivity index (χ4v) is 1.89. The molecule has 150 valence electrons. The lowest BCUT2D eigenvalue weighted by atomic mass is 10.2. The van der Waals surface area contributed by atoms with Crippen LogP contribution in [0.3, 0.4) is 0 Å². The van der Waals surface area contributed by atoms with Crippen molar-refractivity contribution in [3.05, 3.63) is 45.0 Å². The predicted molar refractivity (Wildman–Crippen MR) is 102 cm³/mol. The molecular formula is C17H24ClN3O6. The normalized spacial score (nSPS) is 10.6. The highest BCUT2D eigenvalue weighted by atomic mass is 35.5. The zero-order valence-electron chi connectivity index (χ0n) is 15.7. The van der Waals surface area contributed by atoms with Crippen LogP contribution < -0.4 is 15.8 Å². The number of nitrogens with zero attached hydrogens (tertiary/aromatic N) is 1. The zero-order chi connectivity index (χ0) is 21.0. The molecule has 0 bridgehead atoms. The number of hydrogen-bond donors (Lipinski definition) is 2. The summed E-state index contributed by atoms with van der Waals surface area (Å²) < 4.78 is 10.4. The van der Waals surface area contributed by atoms with E-state index in [2.05, 4.69) is 11.1 Å². The number of nitrogens with one attached hydrogen (secondary N) is 1. The fourth-order valence-electron chi connectivity index (χ4n) is 1.66. The van der Waals surface area contributed by atoms with Gasteiger partial charge in [-0.05, 0) is 40.0 Å². The van der Waals surface area contributed by atoms with E-state index < -0.39 is 22.3 Å². The first-order valence-electron chi connectivity index (χ1n) is 7.89. The summed E-state index contributed by atoms with van der Waals surface area (Å²) in [6.07, 6.45) is 3.13. The largest absolute Gasteiger partial charge is 0.488 e. The van der Waals surface area contributed by atoms with Crippen molar-refractivity contribution >= 4 is 29.7 Å². The van der Waals surface area contributed by atoms with Crippen molar-refractivity contribution < 1.29 is 24.0 Å². The van der Waals surface area contributed by atoms with Crippen LogP contribution in [0.1, 0.15) is 31.1 Å². The minimum atomic E-state index is -0.692. The molecule has 0 unspecified atom stereocenters. The van der Waals surface area contributed by atoms with E-state index in [0.29, 0.717) is 6.29 Å². The molecule has 0 atom stereocenters. The van der Waals surface area contributed by atoms with Gasteiger partial charge in [0.2, 0.25) is 0 Å². The van der Waals surface area contributed by atoms with Gasteiger partial charge in [-0.3, -0.25) is 14.9 Å². The molecule has 0 aliphatic carbocycles. The molecule has 0 fully saturated rings. The molecule has 0 spiro atoms. The number of ether oxygens (including phenoxy) is 2. The van der Waals surface area contributed by atoms with Crippen molar-refractivity contribution in [2.24, 2.45) is 5.73 Å². The lowest BCUT2D eigenvalue weighted by Crippen LogP contribution is -2.32. The number of nitrogens with two attached hydrogens (primary N) is 1. The number of alkyl carbamates (subject to hydrolysis) is 1. The first-order valence-corrected chi connectivity index (χ1v) is 8.27. The second-order valence-corrected chi connectivity index (χ2v) is 6.27. The van der Waals surface area contributed by atoms with Gasteiger partial charge < -0.3 is 20.5 Å². The van der Waals surface area contributed by atoms with Gasteiger partial charge in [0, 0.05) is 18.2 Å². The number of carbonyl (C=O) groups excluding carboxylic acids is 2. The van der Waals surface area contributed by atoms with Gasteiger partial charge in [0.25, 0.3) is 5.69 Å². The van der Waals surface area contributed by atoms with Crippen molar-refractivity contribution in [1.29, 1.82) is 0 Å². The number of amides is 1. The van der Waals surface area contributed by atoms with E-state index in [9.17, 15) is 19.7 Å².